The predicted molar refractivity (Wildman–Crippen MR) is 72.7 cm³/mol. The summed E-state index contributed by atoms with van der Waals surface area (Å²) in [6, 6.07) is 6.89. The van der Waals surface area contributed by atoms with E-state index in [4.69, 9.17) is 17.3 Å². The van der Waals surface area contributed by atoms with Crippen LogP contribution in [0.3, 0.4) is 0 Å². The Balaban J connectivity index is 2.07. The maximum Gasteiger partial charge on any atom is 0.249 e. The fourth-order valence-corrected chi connectivity index (χ4v) is 2.48. The Labute approximate surface area is 113 Å². The minimum absolute atomic E-state index is 0.0433. The maximum atomic E-state index is 12.0. The van der Waals surface area contributed by atoms with E-state index in [1.807, 2.05) is 0 Å². The van der Waals surface area contributed by atoms with Crippen molar-refractivity contribution in [2.45, 2.75) is 11.7 Å². The van der Waals surface area contributed by atoms with Gasteiger partial charge in [0.05, 0.1) is 17.1 Å². The van der Waals surface area contributed by atoms with Gasteiger partial charge in [0.15, 0.2) is 5.17 Å². The van der Waals surface area contributed by atoms with Gasteiger partial charge in [-0.15, -0.1) is 0 Å². The molecule has 2 amide bonds. The number of nitrogens with one attached hydrogen (secondary N) is 1. The molecule has 1 aromatic carbocycles. The first-order valence-electron chi connectivity index (χ1n) is 5.15. The van der Waals surface area contributed by atoms with Crippen LogP contribution in [0.15, 0.2) is 29.3 Å². The van der Waals surface area contributed by atoms with Crippen molar-refractivity contribution >= 4 is 46.0 Å². The second-order valence-corrected chi connectivity index (χ2v) is 5.25. The van der Waals surface area contributed by atoms with Crippen molar-refractivity contribution in [2.75, 3.05) is 5.32 Å². The van der Waals surface area contributed by atoms with E-state index < -0.39 is 5.25 Å². The van der Waals surface area contributed by atoms with Gasteiger partial charge in [0.1, 0.15) is 5.25 Å². The van der Waals surface area contributed by atoms with Crippen LogP contribution in [-0.2, 0) is 9.59 Å². The molecular weight excluding hydrogens is 274 g/mol. The molecule has 0 aliphatic carbocycles. The lowest BCUT2D eigenvalue weighted by Crippen LogP contribution is -2.33. The number of nitrogens with zero attached hydrogens (tertiary/aromatic N) is 1. The highest BCUT2D eigenvalue weighted by Gasteiger charge is 2.28. The molecule has 1 aromatic rings. The molecule has 0 saturated heterocycles. The van der Waals surface area contributed by atoms with Crippen LogP contribution in [0, 0.1) is 0 Å². The molecule has 0 saturated carbocycles. The molecule has 2 rings (SSSR count). The van der Waals surface area contributed by atoms with Crippen LogP contribution in [0.1, 0.15) is 6.42 Å². The van der Waals surface area contributed by atoms with Crippen LogP contribution in [-0.4, -0.2) is 22.2 Å². The normalized spacial score (nSPS) is 19.3. The largest absolute Gasteiger partial charge is 0.378 e. The van der Waals surface area contributed by atoms with Gasteiger partial charge in [-0.1, -0.05) is 35.5 Å². The van der Waals surface area contributed by atoms with Crippen LogP contribution in [0.4, 0.5) is 5.69 Å². The summed E-state index contributed by atoms with van der Waals surface area (Å²) in [5.74, 6) is -0.690. The number of anilines is 1. The van der Waals surface area contributed by atoms with Crippen molar-refractivity contribution in [3.8, 4) is 0 Å². The number of hydrogen-bond donors (Lipinski definition) is 2. The molecule has 0 unspecified atom stereocenters. The number of carbonyl (C=O) groups is 2. The second-order valence-electron chi connectivity index (χ2n) is 3.62. The van der Waals surface area contributed by atoms with E-state index in [9.17, 15) is 9.59 Å². The number of thioether (sulfide) groups is 1. The first-order chi connectivity index (χ1) is 8.56. The zero-order valence-electron chi connectivity index (χ0n) is 9.22. The summed E-state index contributed by atoms with van der Waals surface area (Å²) in [4.78, 5) is 26.7. The van der Waals surface area contributed by atoms with Gasteiger partial charge in [-0.25, -0.2) is 0 Å². The number of halogens is 1. The maximum absolute atomic E-state index is 12.0. The number of aliphatic imine (C=N–C) groups is 1. The fourth-order valence-electron chi connectivity index (χ4n) is 1.46. The Morgan fingerprint density at radius 1 is 1.50 bits per heavy atom. The van der Waals surface area contributed by atoms with E-state index >= 15 is 0 Å². The quantitative estimate of drug-likeness (QED) is 0.864. The molecule has 5 nitrogen and oxygen atoms in total. The van der Waals surface area contributed by atoms with Gasteiger partial charge in [0.25, 0.3) is 0 Å². The number of hydrogen-bond acceptors (Lipinski definition) is 4. The van der Waals surface area contributed by atoms with Gasteiger partial charge in [-0.3, -0.25) is 9.59 Å². The Hall–Kier alpha value is -1.53. The molecule has 7 heteroatoms. The van der Waals surface area contributed by atoms with Gasteiger partial charge >= 0.3 is 0 Å². The van der Waals surface area contributed by atoms with Crippen molar-refractivity contribution < 1.29 is 9.59 Å². The highest BCUT2D eigenvalue weighted by Crippen LogP contribution is 2.25. The highest BCUT2D eigenvalue weighted by molar-refractivity contribution is 8.15. The lowest BCUT2D eigenvalue weighted by molar-refractivity contribution is -0.121. The van der Waals surface area contributed by atoms with Crippen LogP contribution in [0.25, 0.3) is 0 Å². The summed E-state index contributed by atoms with van der Waals surface area (Å²) in [5, 5.41) is 2.66. The zero-order chi connectivity index (χ0) is 13.1. The molecule has 0 fully saturated rings. The van der Waals surface area contributed by atoms with E-state index in [0.29, 0.717) is 10.7 Å². The molecular formula is C11H10ClN3O2S. The molecule has 1 aliphatic heterocycles. The van der Waals surface area contributed by atoms with Crippen LogP contribution in [0.2, 0.25) is 5.02 Å². The lowest BCUT2D eigenvalue weighted by Gasteiger charge is -2.18. The van der Waals surface area contributed by atoms with Crippen molar-refractivity contribution in [2.24, 2.45) is 10.7 Å². The number of benzene rings is 1. The number of carbonyl (C=O) groups excluding carboxylic acids is 2. The molecule has 0 bridgehead atoms. The molecule has 1 heterocycles. The van der Waals surface area contributed by atoms with Gasteiger partial charge in [0.2, 0.25) is 11.8 Å². The molecule has 18 heavy (non-hydrogen) atoms. The van der Waals surface area contributed by atoms with E-state index in [0.717, 1.165) is 11.8 Å². The van der Waals surface area contributed by atoms with Gasteiger partial charge in [-0.2, -0.15) is 4.99 Å². The molecule has 1 aliphatic rings. The summed E-state index contributed by atoms with van der Waals surface area (Å²) < 4.78 is 0. The monoisotopic (exact) mass is 283 g/mol. The Morgan fingerprint density at radius 3 is 2.89 bits per heavy atom. The molecule has 3 N–H and O–H groups in total. The van der Waals surface area contributed by atoms with Gasteiger partial charge < -0.3 is 11.1 Å². The molecule has 0 spiro atoms. The van der Waals surface area contributed by atoms with Gasteiger partial charge in [-0.05, 0) is 12.1 Å². The predicted octanol–water partition coefficient (Wildman–Crippen LogP) is 1.63. The van der Waals surface area contributed by atoms with E-state index in [1.165, 1.54) is 0 Å². The van der Waals surface area contributed by atoms with E-state index in [-0.39, 0.29) is 23.4 Å². The van der Waals surface area contributed by atoms with Crippen molar-refractivity contribution in [1.29, 1.82) is 0 Å². The summed E-state index contributed by atoms with van der Waals surface area (Å²) in [6.07, 6.45) is 0.0433. The summed E-state index contributed by atoms with van der Waals surface area (Å²) in [6.45, 7) is 0. The van der Waals surface area contributed by atoms with Gasteiger partial charge in [0, 0.05) is 0 Å². The van der Waals surface area contributed by atoms with E-state index in [2.05, 4.69) is 10.3 Å². The average Bonchev–Trinajstić information content (AvgIpc) is 2.31. The van der Waals surface area contributed by atoms with Crippen molar-refractivity contribution in [3.63, 3.8) is 0 Å². The second kappa shape index (κ2) is 5.41. The topological polar surface area (TPSA) is 84.5 Å². The third-order valence-corrected chi connectivity index (χ3v) is 3.61. The first kappa shape index (κ1) is 12.9. The number of nitrogens with two attached hydrogens (primary N) is 1. The molecule has 1 atom stereocenters. The number of para-hydroxylation sites is 1. The Morgan fingerprint density at radius 2 is 2.22 bits per heavy atom. The Bertz CT molecular complexity index is 533. The van der Waals surface area contributed by atoms with Crippen molar-refractivity contribution in [1.82, 2.24) is 0 Å². The first-order valence-corrected chi connectivity index (χ1v) is 6.41. The van der Waals surface area contributed by atoms with Crippen molar-refractivity contribution in [3.05, 3.63) is 29.3 Å². The van der Waals surface area contributed by atoms with Crippen LogP contribution < -0.4 is 11.1 Å². The molecule has 94 valence electrons. The highest BCUT2D eigenvalue weighted by atomic mass is 35.5. The minimum Gasteiger partial charge on any atom is -0.378 e. The Kier molecular flexibility index (Phi) is 3.88. The molecule has 0 aromatic heterocycles. The minimum atomic E-state index is -0.564. The third-order valence-electron chi connectivity index (χ3n) is 2.28. The number of amidine groups is 1. The summed E-state index contributed by atoms with van der Waals surface area (Å²) in [5.41, 5.74) is 5.98. The zero-order valence-corrected chi connectivity index (χ0v) is 10.8. The standard InChI is InChI=1S/C11H10ClN3O2S/c12-6-3-1-2-4-7(6)14-10(17)8-5-9(16)15-11(13)18-8/h1-4,8H,5H2,(H,14,17)(H2,13,15,16)/t8-/m0/s1. The average molecular weight is 284 g/mol. The summed E-state index contributed by atoms with van der Waals surface area (Å²) >= 11 is 7.00. The van der Waals surface area contributed by atoms with Crippen LogP contribution >= 0.6 is 23.4 Å². The molecule has 0 radical (unpaired) electrons. The van der Waals surface area contributed by atoms with Crippen LogP contribution in [0.5, 0.6) is 0 Å². The number of rotatable bonds is 2. The third kappa shape index (κ3) is 3.02. The number of amides is 2. The SMILES string of the molecule is NC1=NC(=O)C[C@@H](C(=O)Nc2ccccc2Cl)S1. The lowest BCUT2D eigenvalue weighted by atomic mass is 10.2. The smallest absolute Gasteiger partial charge is 0.249 e. The fraction of sp³-hybridized carbons (Fsp3) is 0.182. The summed E-state index contributed by atoms with van der Waals surface area (Å²) in [7, 11) is 0. The van der Waals surface area contributed by atoms with E-state index in [1.54, 1.807) is 24.3 Å².